The number of hydrogen-bond donors (Lipinski definition) is 0. The molecule has 1 amide bonds. The van der Waals surface area contributed by atoms with Gasteiger partial charge in [-0.05, 0) is 81.2 Å². The van der Waals surface area contributed by atoms with Crippen LogP contribution >= 0.6 is 0 Å². The van der Waals surface area contributed by atoms with Gasteiger partial charge in [0, 0.05) is 37.3 Å². The van der Waals surface area contributed by atoms with Gasteiger partial charge < -0.3 is 9.64 Å². The van der Waals surface area contributed by atoms with Gasteiger partial charge in [-0.15, -0.1) is 5.10 Å². The Morgan fingerprint density at radius 2 is 1.74 bits per heavy atom. The van der Waals surface area contributed by atoms with Crippen molar-refractivity contribution in [2.45, 2.75) is 69.9 Å². The summed E-state index contributed by atoms with van der Waals surface area (Å²) >= 11 is 0. The van der Waals surface area contributed by atoms with E-state index in [1.165, 1.54) is 22.5 Å². The van der Waals surface area contributed by atoms with Gasteiger partial charge in [-0.3, -0.25) is 4.79 Å². The van der Waals surface area contributed by atoms with Crippen LogP contribution in [0.4, 0.5) is 8.78 Å². The van der Waals surface area contributed by atoms with Crippen molar-refractivity contribution < 1.29 is 26.7 Å². The molecule has 1 aliphatic heterocycles. The zero-order valence-electron chi connectivity index (χ0n) is 25.0. The number of nitrogens with zero attached hydrogens (tertiary/aromatic N) is 5. The van der Waals surface area contributed by atoms with Crippen LogP contribution in [0.15, 0.2) is 47.5 Å². The molecule has 232 valence electrons. The maximum absolute atomic E-state index is 14.7. The maximum Gasteiger partial charge on any atom is 0.253 e. The maximum atomic E-state index is 14.7. The van der Waals surface area contributed by atoms with Crippen LogP contribution in [0.25, 0.3) is 11.3 Å². The third-order valence-electron chi connectivity index (χ3n) is 8.60. The molecule has 0 spiro atoms. The van der Waals surface area contributed by atoms with Crippen molar-refractivity contribution in [1.82, 2.24) is 24.2 Å². The largest absolute Gasteiger partial charge is 0.491 e. The number of benzene rings is 2. The van der Waals surface area contributed by atoms with Crippen molar-refractivity contribution in [3.8, 4) is 17.0 Å². The van der Waals surface area contributed by atoms with Crippen LogP contribution in [0.5, 0.6) is 5.75 Å². The molecule has 2 fully saturated rings. The summed E-state index contributed by atoms with van der Waals surface area (Å²) in [7, 11) is -1.95. The number of halogens is 2. The Morgan fingerprint density at radius 1 is 1.05 bits per heavy atom. The summed E-state index contributed by atoms with van der Waals surface area (Å²) in [6.07, 6.45) is 5.45. The molecule has 0 bridgehead atoms. The molecule has 12 heteroatoms. The number of carbonyl (C=O) groups excluding carboxylic acids is 1. The fraction of sp³-hybridized carbons (Fsp3) is 0.516. The van der Waals surface area contributed by atoms with E-state index < -0.39 is 21.7 Å². The molecule has 2 unspecified atom stereocenters. The van der Waals surface area contributed by atoms with E-state index in [1.54, 1.807) is 47.9 Å². The van der Waals surface area contributed by atoms with Gasteiger partial charge in [0.05, 0.1) is 23.7 Å². The predicted molar refractivity (Wildman–Crippen MR) is 158 cm³/mol. The molecule has 2 heterocycles. The number of sulfonamides is 1. The first-order valence-corrected chi connectivity index (χ1v) is 16.3. The van der Waals surface area contributed by atoms with E-state index in [9.17, 15) is 22.0 Å². The Labute approximate surface area is 251 Å². The van der Waals surface area contributed by atoms with E-state index in [0.717, 1.165) is 6.42 Å². The molecule has 2 atom stereocenters. The normalized spacial score (nSPS) is 23.2. The Hall–Kier alpha value is -3.38. The molecule has 3 aromatic rings. The minimum absolute atomic E-state index is 0.000551. The van der Waals surface area contributed by atoms with Gasteiger partial charge in [-0.25, -0.2) is 17.5 Å². The van der Waals surface area contributed by atoms with Crippen LogP contribution in [0.1, 0.15) is 69.3 Å². The number of rotatable bonds is 8. The van der Waals surface area contributed by atoms with Gasteiger partial charge in [-0.1, -0.05) is 25.1 Å². The van der Waals surface area contributed by atoms with Crippen LogP contribution in [0, 0.1) is 23.5 Å². The lowest BCUT2D eigenvalue weighted by atomic mass is 9.90. The number of amides is 1. The second-order valence-corrected chi connectivity index (χ2v) is 13.9. The van der Waals surface area contributed by atoms with Gasteiger partial charge in [0.2, 0.25) is 15.8 Å². The highest BCUT2D eigenvalue weighted by Crippen LogP contribution is 2.34. The molecule has 1 aliphatic carbocycles. The van der Waals surface area contributed by atoms with Gasteiger partial charge in [0.15, 0.2) is 11.6 Å². The van der Waals surface area contributed by atoms with Crippen LogP contribution in [0.2, 0.25) is 0 Å². The summed E-state index contributed by atoms with van der Waals surface area (Å²) in [4.78, 5) is 15.3. The van der Waals surface area contributed by atoms with E-state index in [1.807, 2.05) is 0 Å². The smallest absolute Gasteiger partial charge is 0.253 e. The SMILES string of the molecule is CCOc1ccc(-c2cn(C3CCC(N(C)C(=O)c4cccc(S(=O)(=O)N5CC(C)CC(C)C5)c4)CC3)nn2)c(F)c1F. The standard InChI is InChI=1S/C31H39F2N5O4S/c1-5-42-28-14-13-26(29(32)30(28)33)27-19-38(35-34-27)24-11-9-23(10-12-24)36(4)31(39)22-7-6-8-25(16-22)43(40,41)37-17-20(2)15-21(3)18-37/h6-8,13-14,16,19-21,23-24H,5,9-12,15,17-18H2,1-4H3. The zero-order chi connectivity index (χ0) is 30.9. The quantitative estimate of drug-likeness (QED) is 0.330. The fourth-order valence-corrected chi connectivity index (χ4v) is 8.12. The molecule has 1 aromatic heterocycles. The van der Waals surface area contributed by atoms with E-state index in [4.69, 9.17) is 4.74 Å². The Morgan fingerprint density at radius 3 is 2.42 bits per heavy atom. The number of piperidine rings is 1. The minimum atomic E-state index is -3.70. The van der Waals surface area contributed by atoms with Crippen molar-refractivity contribution in [2.75, 3.05) is 26.7 Å². The molecular weight excluding hydrogens is 576 g/mol. The van der Waals surface area contributed by atoms with E-state index >= 15 is 0 Å². The van der Waals surface area contributed by atoms with E-state index in [0.29, 0.717) is 44.3 Å². The van der Waals surface area contributed by atoms with Crippen molar-refractivity contribution in [3.63, 3.8) is 0 Å². The van der Waals surface area contributed by atoms with Gasteiger partial charge in [0.25, 0.3) is 5.91 Å². The summed E-state index contributed by atoms with van der Waals surface area (Å²) in [6.45, 7) is 7.00. The average molecular weight is 616 g/mol. The number of carbonyl (C=O) groups is 1. The summed E-state index contributed by atoms with van der Waals surface area (Å²) in [6, 6.07) is 9.11. The second-order valence-electron chi connectivity index (χ2n) is 11.9. The Bertz CT molecular complexity index is 1560. The molecule has 2 aromatic carbocycles. The molecular formula is C31H39F2N5O4S. The lowest BCUT2D eigenvalue weighted by Gasteiger charge is -2.35. The van der Waals surface area contributed by atoms with Crippen LogP contribution < -0.4 is 4.74 Å². The highest BCUT2D eigenvalue weighted by molar-refractivity contribution is 7.89. The minimum Gasteiger partial charge on any atom is -0.491 e. The van der Waals surface area contributed by atoms with Crippen LogP contribution in [0.3, 0.4) is 0 Å². The third-order valence-corrected chi connectivity index (χ3v) is 10.4. The van der Waals surface area contributed by atoms with Crippen LogP contribution in [-0.4, -0.2) is 71.3 Å². The van der Waals surface area contributed by atoms with Gasteiger partial charge in [0.1, 0.15) is 5.69 Å². The molecule has 9 nitrogen and oxygen atoms in total. The molecule has 43 heavy (non-hydrogen) atoms. The first-order valence-electron chi connectivity index (χ1n) is 14.9. The molecule has 2 aliphatic rings. The van der Waals surface area contributed by atoms with Crippen molar-refractivity contribution in [1.29, 1.82) is 0 Å². The molecule has 1 saturated heterocycles. The second kappa shape index (κ2) is 12.7. The monoisotopic (exact) mass is 615 g/mol. The van der Waals surface area contributed by atoms with Crippen molar-refractivity contribution in [2.24, 2.45) is 11.8 Å². The topological polar surface area (TPSA) is 97.6 Å². The summed E-state index contributed by atoms with van der Waals surface area (Å²) < 4.78 is 64.2. The summed E-state index contributed by atoms with van der Waals surface area (Å²) in [5, 5.41) is 8.26. The predicted octanol–water partition coefficient (Wildman–Crippen LogP) is 5.54. The summed E-state index contributed by atoms with van der Waals surface area (Å²) in [5.41, 5.74) is 0.589. The highest BCUT2D eigenvalue weighted by atomic mass is 32.2. The highest BCUT2D eigenvalue weighted by Gasteiger charge is 2.33. The molecule has 0 N–H and O–H groups in total. The fourth-order valence-electron chi connectivity index (χ4n) is 6.40. The number of hydrogen-bond acceptors (Lipinski definition) is 6. The number of aromatic nitrogens is 3. The first-order chi connectivity index (χ1) is 20.5. The van der Waals surface area contributed by atoms with Crippen molar-refractivity contribution >= 4 is 15.9 Å². The molecule has 5 rings (SSSR count). The first kappa shape index (κ1) is 31.1. The zero-order valence-corrected chi connectivity index (χ0v) is 25.9. The van der Waals surface area contributed by atoms with Gasteiger partial charge in [-0.2, -0.15) is 8.70 Å². The molecule has 0 radical (unpaired) electrons. The average Bonchev–Trinajstić information content (AvgIpc) is 3.48. The van der Waals surface area contributed by atoms with Crippen LogP contribution in [-0.2, 0) is 10.0 Å². The lowest BCUT2D eigenvalue weighted by Crippen LogP contribution is -2.42. The summed E-state index contributed by atoms with van der Waals surface area (Å²) in [5.74, 6) is -1.89. The van der Waals surface area contributed by atoms with Gasteiger partial charge >= 0.3 is 0 Å². The third kappa shape index (κ3) is 6.45. The lowest BCUT2D eigenvalue weighted by molar-refractivity contribution is 0.0674. The van der Waals surface area contributed by atoms with E-state index in [-0.39, 0.29) is 58.3 Å². The van der Waals surface area contributed by atoms with Crippen molar-refractivity contribution in [3.05, 3.63) is 59.8 Å². The van der Waals surface area contributed by atoms with E-state index in [2.05, 4.69) is 24.2 Å². The number of ether oxygens (including phenoxy) is 1. The Balaban J connectivity index is 1.22. The Kier molecular flexibility index (Phi) is 9.17. The molecule has 1 saturated carbocycles.